The van der Waals surface area contributed by atoms with Crippen LogP contribution in [-0.4, -0.2) is 29.6 Å². The van der Waals surface area contributed by atoms with Gasteiger partial charge in [-0.25, -0.2) is 0 Å². The third kappa shape index (κ3) is 4.45. The van der Waals surface area contributed by atoms with E-state index in [1.807, 2.05) is 12.1 Å². The maximum absolute atomic E-state index is 6.23. The molecular weight excluding hydrogens is 336 g/mol. The Morgan fingerprint density at radius 2 is 1.95 bits per heavy atom. The van der Waals surface area contributed by atoms with Crippen molar-refractivity contribution in [3.8, 4) is 0 Å². The van der Waals surface area contributed by atoms with Gasteiger partial charge in [-0.2, -0.15) is 0 Å². The minimum absolute atomic E-state index is 0.290. The van der Waals surface area contributed by atoms with Crippen LogP contribution in [0.2, 0.25) is 5.02 Å². The molecule has 2 rings (SSSR count). The lowest BCUT2D eigenvalue weighted by Crippen LogP contribution is -2.49. The Kier molecular flexibility index (Phi) is 5.52. The van der Waals surface area contributed by atoms with E-state index >= 15 is 0 Å². The van der Waals surface area contributed by atoms with Crippen LogP contribution in [0.5, 0.6) is 0 Å². The lowest BCUT2D eigenvalue weighted by atomic mass is 9.98. The molecule has 0 atom stereocenters. The second-order valence-electron chi connectivity index (χ2n) is 6.55. The molecule has 1 aromatic rings. The van der Waals surface area contributed by atoms with Crippen molar-refractivity contribution in [2.24, 2.45) is 0 Å². The number of hydrogen-bond acceptors (Lipinski definition) is 2. The summed E-state index contributed by atoms with van der Waals surface area (Å²) in [6.45, 7) is 10.1. The lowest BCUT2D eigenvalue weighted by Gasteiger charge is -2.41. The summed E-state index contributed by atoms with van der Waals surface area (Å²) in [7, 11) is 0. The van der Waals surface area contributed by atoms with Crippen molar-refractivity contribution in [2.75, 3.05) is 13.1 Å². The van der Waals surface area contributed by atoms with Gasteiger partial charge in [-0.05, 0) is 57.4 Å². The molecule has 0 spiro atoms. The van der Waals surface area contributed by atoms with E-state index in [0.29, 0.717) is 11.6 Å². The fourth-order valence-corrected chi connectivity index (χ4v) is 3.28. The summed E-state index contributed by atoms with van der Waals surface area (Å²) in [6, 6.07) is 6.63. The van der Waals surface area contributed by atoms with Crippen LogP contribution >= 0.6 is 27.5 Å². The number of rotatable bonds is 3. The van der Waals surface area contributed by atoms with Crippen molar-refractivity contribution in [3.63, 3.8) is 0 Å². The highest BCUT2D eigenvalue weighted by Gasteiger charge is 2.26. The van der Waals surface area contributed by atoms with Gasteiger partial charge in [0.1, 0.15) is 0 Å². The van der Waals surface area contributed by atoms with Gasteiger partial charge in [0, 0.05) is 40.7 Å². The molecule has 1 aromatic carbocycles. The van der Waals surface area contributed by atoms with Crippen molar-refractivity contribution in [1.82, 2.24) is 10.2 Å². The van der Waals surface area contributed by atoms with Crippen LogP contribution in [0.4, 0.5) is 0 Å². The van der Waals surface area contributed by atoms with Crippen molar-refractivity contribution in [2.45, 2.75) is 51.7 Å². The van der Waals surface area contributed by atoms with Crippen molar-refractivity contribution in [3.05, 3.63) is 33.3 Å². The summed E-state index contributed by atoms with van der Waals surface area (Å²) in [5.41, 5.74) is 1.46. The predicted octanol–water partition coefficient (Wildman–Crippen LogP) is 4.46. The molecule has 0 saturated carbocycles. The van der Waals surface area contributed by atoms with Crippen molar-refractivity contribution in [1.29, 1.82) is 0 Å². The third-order valence-electron chi connectivity index (χ3n) is 4.03. The molecule has 2 nitrogen and oxygen atoms in total. The Bertz CT molecular complexity index is 448. The highest BCUT2D eigenvalue weighted by atomic mass is 79.9. The van der Waals surface area contributed by atoms with E-state index in [-0.39, 0.29) is 0 Å². The number of benzene rings is 1. The van der Waals surface area contributed by atoms with Gasteiger partial charge < -0.3 is 5.32 Å². The van der Waals surface area contributed by atoms with Gasteiger partial charge in [-0.3, -0.25) is 4.90 Å². The number of nitrogens with one attached hydrogen (secondary N) is 1. The quantitative estimate of drug-likeness (QED) is 0.857. The number of piperidine rings is 1. The second-order valence-corrected chi connectivity index (χ2v) is 7.87. The molecule has 1 aliphatic rings. The van der Waals surface area contributed by atoms with Crippen LogP contribution in [0.1, 0.15) is 39.2 Å². The first-order chi connectivity index (χ1) is 9.36. The zero-order valence-electron chi connectivity index (χ0n) is 12.5. The molecule has 4 heteroatoms. The first kappa shape index (κ1) is 16.3. The molecule has 0 unspecified atom stereocenters. The molecule has 1 saturated heterocycles. The SMILES string of the molecule is CC(C)(C)N1CCC(NCc2cc(Br)ccc2Cl)CC1. The summed E-state index contributed by atoms with van der Waals surface area (Å²) in [4.78, 5) is 2.57. The molecule has 1 N–H and O–H groups in total. The monoisotopic (exact) mass is 358 g/mol. The fourth-order valence-electron chi connectivity index (χ4n) is 2.69. The largest absolute Gasteiger partial charge is 0.310 e. The number of nitrogens with zero attached hydrogens (tertiary/aromatic N) is 1. The topological polar surface area (TPSA) is 15.3 Å². The molecule has 1 aliphatic heterocycles. The maximum atomic E-state index is 6.23. The minimum atomic E-state index is 0.290. The van der Waals surface area contributed by atoms with E-state index in [2.05, 4.69) is 53.0 Å². The van der Waals surface area contributed by atoms with Gasteiger partial charge in [0.25, 0.3) is 0 Å². The maximum Gasteiger partial charge on any atom is 0.0451 e. The summed E-state index contributed by atoms with van der Waals surface area (Å²) < 4.78 is 1.08. The lowest BCUT2D eigenvalue weighted by molar-refractivity contribution is 0.0960. The van der Waals surface area contributed by atoms with Crippen LogP contribution in [-0.2, 0) is 6.54 Å². The molecule has 0 bridgehead atoms. The number of halogens is 2. The molecule has 0 aromatic heterocycles. The first-order valence-corrected chi connectivity index (χ1v) is 8.46. The normalized spacial score (nSPS) is 18.4. The van der Waals surface area contributed by atoms with Gasteiger partial charge in [-0.1, -0.05) is 27.5 Å². The van der Waals surface area contributed by atoms with Crippen LogP contribution in [0.3, 0.4) is 0 Å². The summed E-state index contributed by atoms with van der Waals surface area (Å²) in [6.07, 6.45) is 2.42. The van der Waals surface area contributed by atoms with E-state index < -0.39 is 0 Å². The Labute approximate surface area is 136 Å². The molecule has 0 radical (unpaired) electrons. The highest BCUT2D eigenvalue weighted by molar-refractivity contribution is 9.10. The van der Waals surface area contributed by atoms with Gasteiger partial charge in [0.2, 0.25) is 0 Å². The van der Waals surface area contributed by atoms with Crippen molar-refractivity contribution < 1.29 is 0 Å². The molecule has 20 heavy (non-hydrogen) atoms. The zero-order valence-corrected chi connectivity index (χ0v) is 14.9. The Morgan fingerprint density at radius 3 is 2.55 bits per heavy atom. The number of likely N-dealkylation sites (tertiary alicyclic amines) is 1. The molecule has 0 aliphatic carbocycles. The van der Waals surface area contributed by atoms with Gasteiger partial charge in [0.15, 0.2) is 0 Å². The van der Waals surface area contributed by atoms with E-state index in [9.17, 15) is 0 Å². The van der Waals surface area contributed by atoms with Gasteiger partial charge >= 0.3 is 0 Å². The summed E-state index contributed by atoms with van der Waals surface area (Å²) in [5.74, 6) is 0. The van der Waals surface area contributed by atoms with Crippen LogP contribution in [0.15, 0.2) is 22.7 Å². The summed E-state index contributed by atoms with van der Waals surface area (Å²) >= 11 is 9.73. The first-order valence-electron chi connectivity index (χ1n) is 7.28. The smallest absolute Gasteiger partial charge is 0.0451 e. The Balaban J connectivity index is 1.83. The zero-order chi connectivity index (χ0) is 14.8. The Morgan fingerprint density at radius 1 is 1.30 bits per heavy atom. The molecule has 1 fully saturated rings. The van der Waals surface area contributed by atoms with Gasteiger partial charge in [-0.15, -0.1) is 0 Å². The Hall–Kier alpha value is -0.0900. The molecule has 1 heterocycles. The predicted molar refractivity (Wildman–Crippen MR) is 90.3 cm³/mol. The number of hydrogen-bond donors (Lipinski definition) is 1. The van der Waals surface area contributed by atoms with E-state index in [1.165, 1.54) is 31.5 Å². The standard InChI is InChI=1S/C16H24BrClN2/c1-16(2,3)20-8-6-14(7-9-20)19-11-12-10-13(17)4-5-15(12)18/h4-5,10,14,19H,6-9,11H2,1-3H3. The van der Waals surface area contributed by atoms with Gasteiger partial charge in [0.05, 0.1) is 0 Å². The fraction of sp³-hybridized carbons (Fsp3) is 0.625. The van der Waals surface area contributed by atoms with Crippen LogP contribution in [0, 0.1) is 0 Å². The van der Waals surface area contributed by atoms with Crippen LogP contribution < -0.4 is 5.32 Å². The van der Waals surface area contributed by atoms with Crippen molar-refractivity contribution >= 4 is 27.5 Å². The third-order valence-corrected chi connectivity index (χ3v) is 4.89. The summed E-state index contributed by atoms with van der Waals surface area (Å²) in [5, 5.41) is 4.49. The van der Waals surface area contributed by atoms with Crippen LogP contribution in [0.25, 0.3) is 0 Å². The molecule has 112 valence electrons. The second kappa shape index (κ2) is 6.78. The molecule has 0 amide bonds. The molecular formula is C16H24BrClN2. The average Bonchev–Trinajstić information content (AvgIpc) is 2.39. The van der Waals surface area contributed by atoms with E-state index in [0.717, 1.165) is 16.0 Å². The highest BCUT2D eigenvalue weighted by Crippen LogP contribution is 2.23. The average molecular weight is 360 g/mol. The van der Waals surface area contributed by atoms with E-state index in [4.69, 9.17) is 11.6 Å². The van der Waals surface area contributed by atoms with E-state index in [1.54, 1.807) is 0 Å². The minimum Gasteiger partial charge on any atom is -0.310 e.